The highest BCUT2D eigenvalue weighted by molar-refractivity contribution is 7.12. The zero-order valence-electron chi connectivity index (χ0n) is 10.1. The van der Waals surface area contributed by atoms with Gasteiger partial charge >= 0.3 is 5.97 Å². The maximum atomic E-state index is 13.5. The molecular formula is C11H6FN3O5S. The molecule has 0 aliphatic rings. The van der Waals surface area contributed by atoms with Crippen LogP contribution in [0.1, 0.15) is 20.3 Å². The summed E-state index contributed by atoms with van der Waals surface area (Å²) in [6.45, 7) is 0. The Hall–Kier alpha value is -2.88. The molecule has 108 valence electrons. The molecule has 0 saturated carbocycles. The van der Waals surface area contributed by atoms with Crippen molar-refractivity contribution in [2.75, 3.05) is 5.32 Å². The number of nitro benzene ring substituents is 1. The molecule has 8 nitrogen and oxygen atoms in total. The number of nitrogens with zero attached hydrogens (tertiary/aromatic N) is 2. The predicted octanol–water partition coefficient (Wildman–Crippen LogP) is 2.14. The second-order valence-corrected chi connectivity index (χ2v) is 4.58. The monoisotopic (exact) mass is 311 g/mol. The predicted molar refractivity (Wildman–Crippen MR) is 70.1 cm³/mol. The lowest BCUT2D eigenvalue weighted by Crippen LogP contribution is -2.13. The summed E-state index contributed by atoms with van der Waals surface area (Å²) >= 11 is 0.761. The standard InChI is InChI=1S/C11H6FN3O5S/c12-6-2-1-5(15(19)20)3-7(6)13-9(16)10-14-8(4-21-10)11(17)18/h1-4H,(H,13,16)(H,17,18). The molecule has 0 spiro atoms. The van der Waals surface area contributed by atoms with Crippen LogP contribution < -0.4 is 5.32 Å². The summed E-state index contributed by atoms with van der Waals surface area (Å²) in [5, 5.41) is 22.4. The van der Waals surface area contributed by atoms with Crippen molar-refractivity contribution in [1.29, 1.82) is 0 Å². The van der Waals surface area contributed by atoms with Crippen LogP contribution in [0.5, 0.6) is 0 Å². The highest BCUT2D eigenvalue weighted by Gasteiger charge is 2.18. The fourth-order valence-electron chi connectivity index (χ4n) is 1.37. The number of amides is 1. The van der Waals surface area contributed by atoms with Crippen molar-refractivity contribution in [2.45, 2.75) is 0 Å². The van der Waals surface area contributed by atoms with Gasteiger partial charge in [-0.2, -0.15) is 0 Å². The van der Waals surface area contributed by atoms with E-state index in [-0.39, 0.29) is 16.4 Å². The van der Waals surface area contributed by atoms with Gasteiger partial charge in [-0.15, -0.1) is 11.3 Å². The number of non-ortho nitro benzene ring substituents is 1. The number of carboxylic acids is 1. The normalized spacial score (nSPS) is 10.1. The number of carboxylic acid groups (broad SMARTS) is 1. The molecule has 0 bridgehead atoms. The van der Waals surface area contributed by atoms with Crippen LogP contribution in [0, 0.1) is 15.9 Å². The third-order valence-corrected chi connectivity index (χ3v) is 3.17. The fourth-order valence-corrected chi connectivity index (χ4v) is 2.06. The van der Waals surface area contributed by atoms with Gasteiger partial charge in [-0.1, -0.05) is 0 Å². The molecule has 0 atom stereocenters. The molecule has 21 heavy (non-hydrogen) atoms. The van der Waals surface area contributed by atoms with Gasteiger partial charge in [-0.05, 0) is 6.07 Å². The van der Waals surface area contributed by atoms with Crippen molar-refractivity contribution in [3.8, 4) is 0 Å². The molecule has 2 aromatic rings. The quantitative estimate of drug-likeness (QED) is 0.658. The third-order valence-electron chi connectivity index (χ3n) is 2.33. The van der Waals surface area contributed by atoms with E-state index in [0.717, 1.165) is 34.9 Å². The molecule has 1 heterocycles. The van der Waals surface area contributed by atoms with Crippen LogP contribution in [0.4, 0.5) is 15.8 Å². The average molecular weight is 311 g/mol. The topological polar surface area (TPSA) is 122 Å². The van der Waals surface area contributed by atoms with Gasteiger partial charge < -0.3 is 10.4 Å². The van der Waals surface area contributed by atoms with Crippen molar-refractivity contribution in [3.05, 3.63) is 50.2 Å². The smallest absolute Gasteiger partial charge is 0.355 e. The molecular weight excluding hydrogens is 305 g/mol. The van der Waals surface area contributed by atoms with Crippen LogP contribution in [0.3, 0.4) is 0 Å². The van der Waals surface area contributed by atoms with Gasteiger partial charge in [0.25, 0.3) is 11.6 Å². The number of aromatic nitrogens is 1. The molecule has 0 saturated heterocycles. The largest absolute Gasteiger partial charge is 0.476 e. The molecule has 1 aromatic heterocycles. The zero-order chi connectivity index (χ0) is 15.6. The van der Waals surface area contributed by atoms with Crippen molar-refractivity contribution in [2.24, 2.45) is 0 Å². The first-order valence-electron chi connectivity index (χ1n) is 5.32. The third kappa shape index (κ3) is 3.17. The highest BCUT2D eigenvalue weighted by atomic mass is 32.1. The Morgan fingerprint density at radius 1 is 1.43 bits per heavy atom. The van der Waals surface area contributed by atoms with Crippen molar-refractivity contribution in [1.82, 2.24) is 4.98 Å². The number of aromatic carboxylic acids is 1. The molecule has 1 aromatic carbocycles. The van der Waals surface area contributed by atoms with Gasteiger partial charge in [0.05, 0.1) is 10.6 Å². The number of nitrogens with one attached hydrogen (secondary N) is 1. The lowest BCUT2D eigenvalue weighted by Gasteiger charge is -2.04. The Kier molecular flexibility index (Phi) is 3.89. The van der Waals surface area contributed by atoms with Crippen molar-refractivity contribution >= 4 is 34.6 Å². The van der Waals surface area contributed by atoms with Crippen LogP contribution in [0.15, 0.2) is 23.6 Å². The minimum atomic E-state index is -1.30. The molecule has 0 fully saturated rings. The van der Waals surface area contributed by atoms with Crippen LogP contribution in [-0.4, -0.2) is 26.9 Å². The van der Waals surface area contributed by atoms with E-state index >= 15 is 0 Å². The molecule has 10 heteroatoms. The number of halogens is 1. The summed E-state index contributed by atoms with van der Waals surface area (Å²) in [4.78, 5) is 35.8. The van der Waals surface area contributed by atoms with E-state index in [4.69, 9.17) is 5.11 Å². The van der Waals surface area contributed by atoms with E-state index in [1.165, 1.54) is 0 Å². The Labute approximate surface area is 120 Å². The summed E-state index contributed by atoms with van der Waals surface area (Å²) in [7, 11) is 0. The number of anilines is 1. The lowest BCUT2D eigenvalue weighted by atomic mass is 10.2. The SMILES string of the molecule is O=C(O)c1csc(C(=O)Nc2cc([N+](=O)[O-])ccc2F)n1. The van der Waals surface area contributed by atoms with Crippen molar-refractivity contribution in [3.63, 3.8) is 0 Å². The number of benzene rings is 1. The number of carbonyl (C=O) groups excluding carboxylic acids is 1. The number of nitro groups is 1. The first-order chi connectivity index (χ1) is 9.88. The molecule has 2 N–H and O–H groups in total. The van der Waals surface area contributed by atoms with E-state index in [9.17, 15) is 24.1 Å². The summed E-state index contributed by atoms with van der Waals surface area (Å²) in [5.74, 6) is -3.01. The number of rotatable bonds is 4. The summed E-state index contributed by atoms with van der Waals surface area (Å²) in [5.41, 5.74) is -1.09. The Morgan fingerprint density at radius 2 is 2.14 bits per heavy atom. The molecule has 0 radical (unpaired) electrons. The highest BCUT2D eigenvalue weighted by Crippen LogP contribution is 2.22. The summed E-state index contributed by atoms with van der Waals surface area (Å²) in [6.07, 6.45) is 0. The fraction of sp³-hybridized carbons (Fsp3) is 0. The maximum Gasteiger partial charge on any atom is 0.355 e. The maximum absolute atomic E-state index is 13.5. The van der Waals surface area contributed by atoms with Gasteiger partial charge in [0.2, 0.25) is 0 Å². The second-order valence-electron chi connectivity index (χ2n) is 3.72. The van der Waals surface area contributed by atoms with Crippen LogP contribution >= 0.6 is 11.3 Å². The number of hydrogen-bond acceptors (Lipinski definition) is 6. The second kappa shape index (κ2) is 5.63. The lowest BCUT2D eigenvalue weighted by molar-refractivity contribution is -0.384. The van der Waals surface area contributed by atoms with E-state index in [1.807, 2.05) is 0 Å². The van der Waals surface area contributed by atoms with Gasteiger partial charge in [0, 0.05) is 17.5 Å². The number of carbonyl (C=O) groups is 2. The van der Waals surface area contributed by atoms with Gasteiger partial charge in [-0.25, -0.2) is 14.2 Å². The number of hydrogen-bond donors (Lipinski definition) is 2. The Morgan fingerprint density at radius 3 is 2.71 bits per heavy atom. The summed E-state index contributed by atoms with van der Waals surface area (Å²) < 4.78 is 13.5. The average Bonchev–Trinajstić information content (AvgIpc) is 2.90. The molecule has 0 aliphatic carbocycles. The van der Waals surface area contributed by atoms with E-state index in [0.29, 0.717) is 0 Å². The van der Waals surface area contributed by atoms with E-state index in [2.05, 4.69) is 10.3 Å². The van der Waals surface area contributed by atoms with Gasteiger partial charge in [0.1, 0.15) is 5.82 Å². The number of thiazole rings is 1. The van der Waals surface area contributed by atoms with Crippen molar-refractivity contribution < 1.29 is 24.0 Å². The zero-order valence-corrected chi connectivity index (χ0v) is 10.9. The van der Waals surface area contributed by atoms with Gasteiger partial charge in [0.15, 0.2) is 10.7 Å². The molecule has 2 rings (SSSR count). The Balaban J connectivity index is 2.24. The molecule has 0 aliphatic heterocycles. The van der Waals surface area contributed by atoms with E-state index < -0.39 is 28.3 Å². The van der Waals surface area contributed by atoms with Crippen LogP contribution in [-0.2, 0) is 0 Å². The first kappa shape index (κ1) is 14.5. The Bertz CT molecular complexity index is 745. The molecule has 0 unspecified atom stereocenters. The first-order valence-corrected chi connectivity index (χ1v) is 6.20. The van der Waals surface area contributed by atoms with E-state index in [1.54, 1.807) is 0 Å². The minimum absolute atomic E-state index is 0.196. The minimum Gasteiger partial charge on any atom is -0.476 e. The molecule has 1 amide bonds. The summed E-state index contributed by atoms with van der Waals surface area (Å²) in [6, 6.07) is 2.66. The van der Waals surface area contributed by atoms with Crippen LogP contribution in [0.25, 0.3) is 0 Å². The van der Waals surface area contributed by atoms with Crippen LogP contribution in [0.2, 0.25) is 0 Å². The van der Waals surface area contributed by atoms with Gasteiger partial charge in [-0.3, -0.25) is 14.9 Å².